The average Bonchev–Trinajstić information content (AvgIpc) is 2.23. The fourth-order valence-electron chi connectivity index (χ4n) is 1.19. The zero-order chi connectivity index (χ0) is 14.3. The molecule has 0 heterocycles. The van der Waals surface area contributed by atoms with Crippen molar-refractivity contribution < 1.29 is 34.8 Å². The number of carboxylic acids is 3. The van der Waals surface area contributed by atoms with Crippen molar-refractivity contribution in [1.29, 1.82) is 0 Å². The van der Waals surface area contributed by atoms with Gasteiger partial charge in [-0.1, -0.05) is 0 Å². The third kappa shape index (κ3) is 6.78. The van der Waals surface area contributed by atoms with Crippen molar-refractivity contribution >= 4 is 17.9 Å². The minimum absolute atomic E-state index is 0.232. The van der Waals surface area contributed by atoms with Crippen LogP contribution in [-0.2, 0) is 14.4 Å². The molecular formula is C9H16N2O7. The van der Waals surface area contributed by atoms with E-state index in [0.29, 0.717) is 0 Å². The summed E-state index contributed by atoms with van der Waals surface area (Å²) in [7, 11) is 0. The first kappa shape index (κ1) is 16.3. The minimum atomic E-state index is -1.44. The zero-order valence-corrected chi connectivity index (χ0v) is 9.44. The molecule has 0 aliphatic carbocycles. The molecule has 9 nitrogen and oxygen atoms in total. The van der Waals surface area contributed by atoms with Gasteiger partial charge < -0.3 is 26.2 Å². The van der Waals surface area contributed by atoms with Gasteiger partial charge in [-0.05, 0) is 6.42 Å². The van der Waals surface area contributed by atoms with Gasteiger partial charge >= 0.3 is 17.9 Å². The summed E-state index contributed by atoms with van der Waals surface area (Å²) >= 11 is 0. The molecule has 0 spiro atoms. The molecule has 0 fully saturated rings. The van der Waals surface area contributed by atoms with E-state index in [1.165, 1.54) is 0 Å². The average molecular weight is 264 g/mol. The van der Waals surface area contributed by atoms with Crippen molar-refractivity contribution in [3.63, 3.8) is 0 Å². The molecule has 3 atom stereocenters. The lowest BCUT2D eigenvalue weighted by Crippen LogP contribution is -2.47. The molecule has 7 N–H and O–H groups in total. The number of carbonyl (C=O) groups is 3. The Bertz CT molecular complexity index is 320. The molecule has 0 saturated heterocycles. The maximum Gasteiger partial charge on any atom is 0.320 e. The fourth-order valence-corrected chi connectivity index (χ4v) is 1.19. The molecule has 0 amide bonds. The molecule has 18 heavy (non-hydrogen) atoms. The highest BCUT2D eigenvalue weighted by atomic mass is 16.4. The van der Waals surface area contributed by atoms with Crippen molar-refractivity contribution in [3.8, 4) is 0 Å². The van der Waals surface area contributed by atoms with Gasteiger partial charge in [0.15, 0.2) is 0 Å². The maximum atomic E-state index is 10.8. The molecule has 0 bridgehead atoms. The van der Waals surface area contributed by atoms with E-state index in [4.69, 9.17) is 21.1 Å². The molecule has 0 aromatic rings. The first-order chi connectivity index (χ1) is 8.23. The Labute approximate surface area is 102 Å². The minimum Gasteiger partial charge on any atom is -0.481 e. The normalized spacial score (nSPS) is 15.7. The van der Waals surface area contributed by atoms with Crippen LogP contribution in [0.3, 0.4) is 0 Å². The molecular weight excluding hydrogens is 248 g/mol. The number of aliphatic carboxylic acids is 3. The summed E-state index contributed by atoms with van der Waals surface area (Å²) in [4.78, 5) is 31.5. The quantitative estimate of drug-likeness (QED) is 0.258. The molecule has 9 heteroatoms. The number of aliphatic hydroxyl groups excluding tert-OH is 1. The lowest BCUT2D eigenvalue weighted by Gasteiger charge is -2.20. The van der Waals surface area contributed by atoms with E-state index in [1.54, 1.807) is 0 Å². The molecule has 104 valence electrons. The third-order valence-electron chi connectivity index (χ3n) is 2.13. The highest BCUT2D eigenvalue weighted by Crippen LogP contribution is 2.02. The first-order valence-electron chi connectivity index (χ1n) is 5.11. The molecule has 0 radical (unpaired) electrons. The van der Waals surface area contributed by atoms with Crippen LogP contribution in [0.5, 0.6) is 0 Å². The van der Waals surface area contributed by atoms with Crippen LogP contribution >= 0.6 is 0 Å². The smallest absolute Gasteiger partial charge is 0.320 e. The Morgan fingerprint density at radius 3 is 2.06 bits per heavy atom. The second kappa shape index (κ2) is 7.58. The number of hydrogen-bond acceptors (Lipinski definition) is 6. The van der Waals surface area contributed by atoms with Crippen LogP contribution in [0.4, 0.5) is 0 Å². The number of nitrogens with two attached hydrogens (primary N) is 1. The molecule has 0 aromatic carbocycles. The van der Waals surface area contributed by atoms with Gasteiger partial charge in [0.2, 0.25) is 0 Å². The van der Waals surface area contributed by atoms with Crippen LogP contribution in [0.15, 0.2) is 0 Å². The van der Waals surface area contributed by atoms with Crippen LogP contribution < -0.4 is 11.1 Å². The standard InChI is InChI=1S/C9H16N2O7/c10-4(8(15)16)3-6(12)11-5(9(17)18)1-2-7(13)14/h4-6,11-12H,1-3,10H2,(H,13,14)(H,15,16)(H,17,18)/t4-,5?,6?/m0/s1. The Kier molecular flexibility index (Phi) is 6.86. The summed E-state index contributed by atoms with van der Waals surface area (Å²) < 4.78 is 0. The summed E-state index contributed by atoms with van der Waals surface area (Å²) in [5.74, 6) is -3.83. The van der Waals surface area contributed by atoms with Gasteiger partial charge in [-0.15, -0.1) is 0 Å². The monoisotopic (exact) mass is 264 g/mol. The van der Waals surface area contributed by atoms with Gasteiger partial charge in [0, 0.05) is 12.8 Å². The summed E-state index contributed by atoms with van der Waals surface area (Å²) in [5, 5.41) is 37.3. The SMILES string of the molecule is N[C@@H](CC(O)NC(CCC(=O)O)C(=O)O)C(=O)O. The van der Waals surface area contributed by atoms with E-state index in [-0.39, 0.29) is 19.3 Å². The third-order valence-corrected chi connectivity index (χ3v) is 2.13. The summed E-state index contributed by atoms with van der Waals surface area (Å²) in [6.07, 6.45) is -2.44. The van der Waals surface area contributed by atoms with Crippen LogP contribution in [0.1, 0.15) is 19.3 Å². The van der Waals surface area contributed by atoms with Gasteiger partial charge in [0.1, 0.15) is 18.3 Å². The summed E-state index contributed by atoms with van der Waals surface area (Å²) in [5.41, 5.74) is 5.15. The molecule has 0 aliphatic heterocycles. The van der Waals surface area contributed by atoms with Gasteiger partial charge in [0.25, 0.3) is 0 Å². The number of carboxylic acid groups (broad SMARTS) is 3. The molecule has 2 unspecified atom stereocenters. The second-order valence-electron chi connectivity index (χ2n) is 3.69. The number of aliphatic hydroxyl groups is 1. The van der Waals surface area contributed by atoms with Crippen molar-refractivity contribution in [1.82, 2.24) is 5.32 Å². The van der Waals surface area contributed by atoms with E-state index < -0.39 is 36.2 Å². The van der Waals surface area contributed by atoms with E-state index in [0.717, 1.165) is 0 Å². The van der Waals surface area contributed by atoms with Crippen LogP contribution in [0, 0.1) is 0 Å². The second-order valence-corrected chi connectivity index (χ2v) is 3.69. The van der Waals surface area contributed by atoms with E-state index >= 15 is 0 Å². The van der Waals surface area contributed by atoms with E-state index in [9.17, 15) is 19.5 Å². The highest BCUT2D eigenvalue weighted by Gasteiger charge is 2.24. The summed E-state index contributed by atoms with van der Waals surface area (Å²) in [6.45, 7) is 0. The lowest BCUT2D eigenvalue weighted by atomic mass is 10.1. The fraction of sp³-hybridized carbons (Fsp3) is 0.667. The molecule has 0 aromatic heterocycles. The summed E-state index contributed by atoms with van der Waals surface area (Å²) in [6, 6.07) is -2.61. The van der Waals surface area contributed by atoms with Crippen LogP contribution in [0.25, 0.3) is 0 Å². The van der Waals surface area contributed by atoms with Gasteiger partial charge in [-0.3, -0.25) is 19.7 Å². The Morgan fingerprint density at radius 2 is 1.67 bits per heavy atom. The maximum absolute atomic E-state index is 10.8. The topological polar surface area (TPSA) is 170 Å². The van der Waals surface area contributed by atoms with E-state index in [1.807, 2.05) is 0 Å². The molecule has 0 rings (SSSR count). The first-order valence-corrected chi connectivity index (χ1v) is 5.11. The van der Waals surface area contributed by atoms with Gasteiger partial charge in [-0.2, -0.15) is 0 Å². The van der Waals surface area contributed by atoms with E-state index in [2.05, 4.69) is 5.32 Å². The van der Waals surface area contributed by atoms with Gasteiger partial charge in [0.05, 0.1) is 0 Å². The Balaban J connectivity index is 4.27. The van der Waals surface area contributed by atoms with Crippen LogP contribution in [-0.4, -0.2) is 56.6 Å². The predicted octanol–water partition coefficient (Wildman–Crippen LogP) is -1.99. The number of hydrogen-bond donors (Lipinski definition) is 6. The van der Waals surface area contributed by atoms with Crippen molar-refractivity contribution in [2.45, 2.75) is 37.6 Å². The van der Waals surface area contributed by atoms with Crippen molar-refractivity contribution in [2.24, 2.45) is 5.73 Å². The zero-order valence-electron chi connectivity index (χ0n) is 9.44. The van der Waals surface area contributed by atoms with Crippen molar-refractivity contribution in [2.75, 3.05) is 0 Å². The molecule has 0 aliphatic rings. The highest BCUT2D eigenvalue weighted by molar-refractivity contribution is 5.75. The predicted molar refractivity (Wildman–Crippen MR) is 57.7 cm³/mol. The largest absolute Gasteiger partial charge is 0.481 e. The van der Waals surface area contributed by atoms with Crippen molar-refractivity contribution in [3.05, 3.63) is 0 Å². The number of nitrogens with one attached hydrogen (secondary N) is 1. The Hall–Kier alpha value is -1.71. The Morgan fingerprint density at radius 1 is 1.11 bits per heavy atom. The van der Waals surface area contributed by atoms with Gasteiger partial charge in [-0.25, -0.2) is 0 Å². The molecule has 0 saturated carbocycles. The van der Waals surface area contributed by atoms with Crippen LogP contribution in [0.2, 0.25) is 0 Å². The lowest BCUT2D eigenvalue weighted by molar-refractivity contribution is -0.141. The number of rotatable bonds is 9.